The van der Waals surface area contributed by atoms with Crippen LogP contribution in [0.1, 0.15) is 11.1 Å². The van der Waals surface area contributed by atoms with E-state index in [1.807, 2.05) is 36.2 Å². The largest absolute Gasteiger partial charge is 0.372 e. The van der Waals surface area contributed by atoms with Crippen molar-refractivity contribution in [3.8, 4) is 0 Å². The fraction of sp³-hybridized carbons (Fsp3) is 0.250. The lowest BCUT2D eigenvalue weighted by Crippen LogP contribution is -2.21. The third kappa shape index (κ3) is 3.71. The van der Waals surface area contributed by atoms with E-state index < -0.39 is 0 Å². The zero-order valence-electron chi connectivity index (χ0n) is 10.9. The maximum Gasteiger partial charge on any atom is 0.146 e. The van der Waals surface area contributed by atoms with Crippen molar-refractivity contribution in [1.29, 1.82) is 0 Å². The van der Waals surface area contributed by atoms with Gasteiger partial charge in [0.25, 0.3) is 0 Å². The van der Waals surface area contributed by atoms with Crippen molar-refractivity contribution in [2.75, 3.05) is 18.5 Å². The van der Waals surface area contributed by atoms with Crippen molar-refractivity contribution in [1.82, 2.24) is 0 Å². The van der Waals surface area contributed by atoms with E-state index >= 15 is 0 Å². The van der Waals surface area contributed by atoms with Gasteiger partial charge < -0.3 is 4.90 Å². The molecule has 2 aromatic rings. The minimum atomic E-state index is -0.214. The van der Waals surface area contributed by atoms with E-state index in [0.29, 0.717) is 11.6 Å². The van der Waals surface area contributed by atoms with Gasteiger partial charge in [-0.2, -0.15) is 0 Å². The van der Waals surface area contributed by atoms with Gasteiger partial charge in [0, 0.05) is 19.5 Å². The molecule has 0 heterocycles. The molecule has 19 heavy (non-hydrogen) atoms. The summed E-state index contributed by atoms with van der Waals surface area (Å²) < 4.78 is 13.9. The molecule has 0 N–H and O–H groups in total. The van der Waals surface area contributed by atoms with E-state index in [-0.39, 0.29) is 5.82 Å². The molecule has 100 valence electrons. The molecule has 0 saturated heterocycles. The highest BCUT2D eigenvalue weighted by Crippen LogP contribution is 2.20. The molecule has 0 aromatic heterocycles. The van der Waals surface area contributed by atoms with Crippen LogP contribution in [0.25, 0.3) is 0 Å². The summed E-state index contributed by atoms with van der Waals surface area (Å²) >= 11 is 5.69. The minimum Gasteiger partial charge on any atom is -0.372 e. The van der Waals surface area contributed by atoms with Crippen LogP contribution >= 0.6 is 11.6 Å². The topological polar surface area (TPSA) is 3.24 Å². The van der Waals surface area contributed by atoms with Crippen molar-refractivity contribution in [2.45, 2.75) is 12.3 Å². The maximum atomic E-state index is 13.9. The second kappa shape index (κ2) is 6.58. The summed E-state index contributed by atoms with van der Waals surface area (Å²) in [4.78, 5) is 1.93. The minimum absolute atomic E-state index is 0.214. The highest BCUT2D eigenvalue weighted by Gasteiger charge is 2.08. The van der Waals surface area contributed by atoms with Crippen LogP contribution in [0.2, 0.25) is 0 Å². The number of nitrogens with zero attached hydrogens (tertiary/aromatic N) is 1. The molecule has 0 radical (unpaired) electrons. The molecule has 0 aliphatic carbocycles. The second-order valence-electron chi connectivity index (χ2n) is 4.58. The van der Waals surface area contributed by atoms with Crippen molar-refractivity contribution >= 4 is 17.3 Å². The smallest absolute Gasteiger partial charge is 0.146 e. The van der Waals surface area contributed by atoms with Gasteiger partial charge in [0.1, 0.15) is 5.82 Å². The summed E-state index contributed by atoms with van der Waals surface area (Å²) in [5.41, 5.74) is 2.68. The first-order chi connectivity index (χ1) is 9.20. The van der Waals surface area contributed by atoms with Crippen molar-refractivity contribution in [3.05, 3.63) is 65.5 Å². The van der Waals surface area contributed by atoms with E-state index in [0.717, 1.165) is 18.5 Å². The summed E-state index contributed by atoms with van der Waals surface area (Å²) in [5, 5.41) is 0. The molecule has 0 bridgehead atoms. The Hall–Kier alpha value is -1.54. The lowest BCUT2D eigenvalue weighted by molar-refractivity contribution is 0.621. The first kappa shape index (κ1) is 13.9. The van der Waals surface area contributed by atoms with E-state index in [4.69, 9.17) is 11.6 Å². The Balaban J connectivity index is 2.02. The molecule has 0 aliphatic rings. The summed E-state index contributed by atoms with van der Waals surface area (Å²) in [5.74, 6) is 0.124. The summed E-state index contributed by atoms with van der Waals surface area (Å²) in [6, 6.07) is 15.4. The maximum absolute atomic E-state index is 13.9. The van der Waals surface area contributed by atoms with Crippen LogP contribution in [0.3, 0.4) is 0 Å². The zero-order valence-corrected chi connectivity index (χ0v) is 11.7. The second-order valence-corrected chi connectivity index (χ2v) is 4.84. The highest BCUT2D eigenvalue weighted by molar-refractivity contribution is 6.17. The summed E-state index contributed by atoms with van der Waals surface area (Å²) in [6.45, 7) is 0.779. The number of alkyl halides is 1. The number of benzene rings is 2. The molecule has 0 fully saturated rings. The van der Waals surface area contributed by atoms with Crippen molar-refractivity contribution in [2.24, 2.45) is 0 Å². The average molecular weight is 278 g/mol. The van der Waals surface area contributed by atoms with Crippen LogP contribution in [0, 0.1) is 5.82 Å². The molecule has 0 saturated carbocycles. The standard InChI is InChI=1S/C16H17ClFN/c1-19(10-9-13-5-3-2-4-6-13)16-8-7-14(12-17)11-15(16)18/h2-8,11H,9-10,12H2,1H3. The number of likely N-dealkylation sites (N-methyl/N-ethyl adjacent to an activating group) is 1. The number of anilines is 1. The quantitative estimate of drug-likeness (QED) is 0.739. The molecule has 0 amide bonds. The van der Waals surface area contributed by atoms with Crippen LogP contribution in [-0.2, 0) is 12.3 Å². The van der Waals surface area contributed by atoms with Gasteiger partial charge in [0.05, 0.1) is 5.69 Å². The lowest BCUT2D eigenvalue weighted by atomic mass is 10.1. The van der Waals surface area contributed by atoms with Crippen LogP contribution in [0.4, 0.5) is 10.1 Å². The normalized spacial score (nSPS) is 10.5. The van der Waals surface area contributed by atoms with Gasteiger partial charge in [0.15, 0.2) is 0 Å². The third-order valence-electron chi connectivity index (χ3n) is 3.16. The molecule has 0 unspecified atom stereocenters. The van der Waals surface area contributed by atoms with Crippen molar-refractivity contribution in [3.63, 3.8) is 0 Å². The molecule has 3 heteroatoms. The molecule has 0 aliphatic heterocycles. The van der Waals surface area contributed by atoms with Gasteiger partial charge in [-0.25, -0.2) is 4.39 Å². The van der Waals surface area contributed by atoms with Gasteiger partial charge in [-0.05, 0) is 29.7 Å². The molecule has 0 spiro atoms. The fourth-order valence-electron chi connectivity index (χ4n) is 2.01. The Morgan fingerprint density at radius 2 is 1.79 bits per heavy atom. The Kier molecular flexibility index (Phi) is 4.80. The van der Waals surface area contributed by atoms with Gasteiger partial charge in [0.2, 0.25) is 0 Å². The molecular formula is C16H17ClFN. The van der Waals surface area contributed by atoms with Crippen molar-refractivity contribution < 1.29 is 4.39 Å². The third-order valence-corrected chi connectivity index (χ3v) is 3.46. The predicted molar refractivity (Wildman–Crippen MR) is 79.4 cm³/mol. The number of rotatable bonds is 5. The molecular weight excluding hydrogens is 261 g/mol. The monoisotopic (exact) mass is 277 g/mol. The van der Waals surface area contributed by atoms with Gasteiger partial charge in [-0.1, -0.05) is 36.4 Å². The Bertz CT molecular complexity index is 528. The zero-order chi connectivity index (χ0) is 13.7. The first-order valence-electron chi connectivity index (χ1n) is 6.30. The average Bonchev–Trinajstić information content (AvgIpc) is 2.45. The molecule has 1 nitrogen and oxygen atoms in total. The molecule has 0 atom stereocenters. The van der Waals surface area contributed by atoms with Crippen LogP contribution in [0.15, 0.2) is 48.5 Å². The highest BCUT2D eigenvalue weighted by atomic mass is 35.5. The Labute approximate surface area is 118 Å². The summed E-state index contributed by atoms with van der Waals surface area (Å²) in [6.07, 6.45) is 0.897. The Morgan fingerprint density at radius 1 is 1.05 bits per heavy atom. The van der Waals surface area contributed by atoms with Crippen LogP contribution < -0.4 is 4.90 Å². The van der Waals surface area contributed by atoms with E-state index in [1.165, 1.54) is 11.6 Å². The number of hydrogen-bond acceptors (Lipinski definition) is 1. The predicted octanol–water partition coefficient (Wildman–Crippen LogP) is 4.24. The van der Waals surface area contributed by atoms with Gasteiger partial charge >= 0.3 is 0 Å². The van der Waals surface area contributed by atoms with E-state index in [1.54, 1.807) is 6.07 Å². The molecule has 2 rings (SSSR count). The van der Waals surface area contributed by atoms with Crippen LogP contribution in [-0.4, -0.2) is 13.6 Å². The number of hydrogen-bond donors (Lipinski definition) is 0. The Morgan fingerprint density at radius 3 is 2.42 bits per heavy atom. The van der Waals surface area contributed by atoms with E-state index in [2.05, 4.69) is 12.1 Å². The molecule has 2 aromatic carbocycles. The SMILES string of the molecule is CN(CCc1ccccc1)c1ccc(CCl)cc1F. The van der Waals surface area contributed by atoms with Crippen LogP contribution in [0.5, 0.6) is 0 Å². The van der Waals surface area contributed by atoms with Gasteiger partial charge in [-0.15, -0.1) is 11.6 Å². The lowest BCUT2D eigenvalue weighted by Gasteiger charge is -2.20. The summed E-state index contributed by atoms with van der Waals surface area (Å²) in [7, 11) is 1.90. The first-order valence-corrected chi connectivity index (χ1v) is 6.83. The fourth-order valence-corrected chi connectivity index (χ4v) is 2.17. The van der Waals surface area contributed by atoms with E-state index in [9.17, 15) is 4.39 Å². The number of halogens is 2. The van der Waals surface area contributed by atoms with Gasteiger partial charge in [-0.3, -0.25) is 0 Å².